The molecule has 0 radical (unpaired) electrons. The van der Waals surface area contributed by atoms with E-state index < -0.39 is 5.97 Å². The first-order valence-corrected chi connectivity index (χ1v) is 9.96. The highest BCUT2D eigenvalue weighted by Gasteiger charge is 2.31. The summed E-state index contributed by atoms with van der Waals surface area (Å²) in [6.07, 6.45) is 5.41. The summed E-state index contributed by atoms with van der Waals surface area (Å²) in [6, 6.07) is 10.9. The lowest BCUT2D eigenvalue weighted by Gasteiger charge is -2.10. The fraction of sp³-hybridized carbons (Fsp3) is 0.0952. The number of hydrogen-bond donors (Lipinski definition) is 1. The number of fused-ring (bicyclic) bond motifs is 1. The maximum Gasteiger partial charge on any atom is 0.371 e. The molecule has 0 atom stereocenters. The van der Waals surface area contributed by atoms with Crippen LogP contribution in [0.25, 0.3) is 17.0 Å². The molecule has 6 nitrogen and oxygen atoms in total. The van der Waals surface area contributed by atoms with E-state index in [1.165, 1.54) is 22.7 Å². The van der Waals surface area contributed by atoms with Crippen molar-refractivity contribution < 1.29 is 19.1 Å². The fourth-order valence-electron chi connectivity index (χ4n) is 3.19. The molecule has 1 fully saturated rings. The molecule has 1 aliphatic heterocycles. The standard InChI is InChI=1S/C21H16N2O4S2/c1-2-9-23-19(24)18(29-21(23)28)10-13-11-22(16-6-4-3-5-15(13)16)12-14-7-8-17(27-14)20(25)26/h2-8,10-11H,1,9,12H2,(H,25,26)/b18-10-. The van der Waals surface area contributed by atoms with Crippen molar-refractivity contribution in [1.82, 2.24) is 9.47 Å². The maximum absolute atomic E-state index is 12.6. The molecule has 4 rings (SSSR count). The van der Waals surface area contributed by atoms with Crippen LogP contribution in [0.5, 0.6) is 0 Å². The number of carboxylic acid groups (broad SMARTS) is 1. The number of benzene rings is 1. The highest BCUT2D eigenvalue weighted by molar-refractivity contribution is 8.26. The Morgan fingerprint density at radius 1 is 1.28 bits per heavy atom. The number of furan rings is 1. The highest BCUT2D eigenvalue weighted by atomic mass is 32.2. The summed E-state index contributed by atoms with van der Waals surface area (Å²) in [7, 11) is 0. The molecule has 1 N–H and O–H groups in total. The first-order chi connectivity index (χ1) is 14.0. The zero-order valence-corrected chi connectivity index (χ0v) is 16.8. The van der Waals surface area contributed by atoms with Gasteiger partial charge in [0.05, 0.1) is 11.4 Å². The minimum absolute atomic E-state index is 0.0948. The Balaban J connectivity index is 1.71. The smallest absolute Gasteiger partial charge is 0.371 e. The molecule has 0 unspecified atom stereocenters. The molecule has 0 bridgehead atoms. The molecule has 3 heterocycles. The Morgan fingerprint density at radius 2 is 2.07 bits per heavy atom. The molecule has 1 saturated heterocycles. The number of aromatic nitrogens is 1. The lowest BCUT2D eigenvalue weighted by Crippen LogP contribution is -2.27. The van der Waals surface area contributed by atoms with Crippen LogP contribution in [0, 0.1) is 0 Å². The Hall–Kier alpha value is -3.10. The van der Waals surface area contributed by atoms with Gasteiger partial charge >= 0.3 is 5.97 Å². The maximum atomic E-state index is 12.6. The van der Waals surface area contributed by atoms with E-state index in [4.69, 9.17) is 21.7 Å². The van der Waals surface area contributed by atoms with Crippen molar-refractivity contribution in [3.05, 3.63) is 77.2 Å². The molecule has 0 spiro atoms. The average Bonchev–Trinajstić information content (AvgIpc) is 3.37. The van der Waals surface area contributed by atoms with E-state index in [9.17, 15) is 9.59 Å². The molecule has 146 valence electrons. The number of nitrogens with zero attached hydrogens (tertiary/aromatic N) is 2. The second kappa shape index (κ2) is 7.73. The highest BCUT2D eigenvalue weighted by Crippen LogP contribution is 2.34. The average molecular weight is 425 g/mol. The van der Waals surface area contributed by atoms with Gasteiger partial charge in [0.2, 0.25) is 5.76 Å². The third-order valence-corrected chi connectivity index (χ3v) is 5.87. The lowest BCUT2D eigenvalue weighted by molar-refractivity contribution is -0.121. The van der Waals surface area contributed by atoms with Crippen LogP contribution in [-0.2, 0) is 11.3 Å². The van der Waals surface area contributed by atoms with Crippen molar-refractivity contribution in [1.29, 1.82) is 0 Å². The summed E-state index contributed by atoms with van der Waals surface area (Å²) < 4.78 is 7.87. The van der Waals surface area contributed by atoms with Gasteiger partial charge in [-0.25, -0.2) is 4.79 Å². The van der Waals surface area contributed by atoms with Crippen LogP contribution in [-0.4, -0.2) is 37.3 Å². The van der Waals surface area contributed by atoms with E-state index in [2.05, 4.69) is 6.58 Å². The van der Waals surface area contributed by atoms with Crippen molar-refractivity contribution in [2.75, 3.05) is 6.54 Å². The molecular formula is C21H16N2O4S2. The van der Waals surface area contributed by atoms with Crippen molar-refractivity contribution in [3.8, 4) is 0 Å². The number of thioether (sulfide) groups is 1. The van der Waals surface area contributed by atoms with Crippen LogP contribution < -0.4 is 0 Å². The van der Waals surface area contributed by atoms with E-state index in [1.807, 2.05) is 41.1 Å². The molecule has 0 aliphatic carbocycles. The predicted octanol–water partition coefficient (Wildman–Crippen LogP) is 4.37. The molecule has 3 aromatic rings. The van der Waals surface area contributed by atoms with Crippen LogP contribution in [0.15, 0.2) is 64.6 Å². The van der Waals surface area contributed by atoms with Crippen LogP contribution in [0.1, 0.15) is 21.9 Å². The summed E-state index contributed by atoms with van der Waals surface area (Å²) >= 11 is 6.57. The van der Waals surface area contributed by atoms with Crippen LogP contribution in [0.2, 0.25) is 0 Å². The molecule has 1 aromatic carbocycles. The number of rotatable bonds is 6. The first-order valence-electron chi connectivity index (χ1n) is 8.74. The summed E-state index contributed by atoms with van der Waals surface area (Å²) in [5.41, 5.74) is 1.83. The summed E-state index contributed by atoms with van der Waals surface area (Å²) in [5.74, 6) is -0.792. The fourth-order valence-corrected chi connectivity index (χ4v) is 4.46. The Kier molecular flexibility index (Phi) is 5.12. The molecular weight excluding hydrogens is 408 g/mol. The normalized spacial score (nSPS) is 15.6. The molecule has 1 amide bonds. The summed E-state index contributed by atoms with van der Waals surface area (Å²) in [6.45, 7) is 4.42. The van der Waals surface area contributed by atoms with E-state index >= 15 is 0 Å². The number of carboxylic acids is 1. The third kappa shape index (κ3) is 3.64. The number of aromatic carboxylic acids is 1. The topological polar surface area (TPSA) is 75.7 Å². The van der Waals surface area contributed by atoms with E-state index in [0.717, 1.165) is 16.5 Å². The van der Waals surface area contributed by atoms with Crippen LogP contribution in [0.4, 0.5) is 0 Å². The van der Waals surface area contributed by atoms with Gasteiger partial charge in [0.1, 0.15) is 10.1 Å². The second-order valence-corrected chi connectivity index (χ2v) is 8.06. The van der Waals surface area contributed by atoms with Gasteiger partial charge in [0, 0.05) is 29.2 Å². The van der Waals surface area contributed by atoms with Crippen molar-refractivity contribution in [3.63, 3.8) is 0 Å². The number of amides is 1. The van der Waals surface area contributed by atoms with Gasteiger partial charge in [-0.1, -0.05) is 48.3 Å². The largest absolute Gasteiger partial charge is 0.475 e. The third-order valence-electron chi connectivity index (χ3n) is 4.49. The number of hydrogen-bond acceptors (Lipinski definition) is 5. The number of thiocarbonyl (C=S) groups is 1. The molecule has 8 heteroatoms. The number of carbonyl (C=O) groups excluding carboxylic acids is 1. The van der Waals surface area contributed by atoms with Gasteiger partial charge in [-0.15, -0.1) is 6.58 Å². The molecule has 0 saturated carbocycles. The monoisotopic (exact) mass is 424 g/mol. The van der Waals surface area contributed by atoms with Crippen LogP contribution in [0.3, 0.4) is 0 Å². The van der Waals surface area contributed by atoms with Gasteiger partial charge in [-0.3, -0.25) is 9.69 Å². The minimum Gasteiger partial charge on any atom is -0.475 e. The van der Waals surface area contributed by atoms with Gasteiger partial charge in [-0.2, -0.15) is 0 Å². The Bertz CT molecular complexity index is 1190. The number of carbonyl (C=O) groups is 2. The molecule has 29 heavy (non-hydrogen) atoms. The van der Waals surface area contributed by atoms with Crippen molar-refractivity contribution >= 4 is 57.2 Å². The quantitative estimate of drug-likeness (QED) is 0.360. The Labute approximate surface area is 176 Å². The van der Waals surface area contributed by atoms with E-state index in [1.54, 1.807) is 12.1 Å². The lowest BCUT2D eigenvalue weighted by atomic mass is 10.1. The van der Waals surface area contributed by atoms with Crippen molar-refractivity contribution in [2.24, 2.45) is 0 Å². The van der Waals surface area contributed by atoms with Gasteiger partial charge in [0.15, 0.2) is 0 Å². The van der Waals surface area contributed by atoms with Gasteiger partial charge in [-0.05, 0) is 24.3 Å². The minimum atomic E-state index is -1.10. The first kappa shape index (κ1) is 19.2. The second-order valence-electron chi connectivity index (χ2n) is 6.38. The molecule has 2 aromatic heterocycles. The Morgan fingerprint density at radius 3 is 2.79 bits per heavy atom. The van der Waals surface area contributed by atoms with Crippen molar-refractivity contribution in [2.45, 2.75) is 6.54 Å². The van der Waals surface area contributed by atoms with E-state index in [-0.39, 0.29) is 11.7 Å². The van der Waals surface area contributed by atoms with E-state index in [0.29, 0.717) is 28.1 Å². The molecule has 1 aliphatic rings. The zero-order valence-electron chi connectivity index (χ0n) is 15.2. The number of para-hydroxylation sites is 1. The summed E-state index contributed by atoms with van der Waals surface area (Å²) in [4.78, 5) is 25.8. The van der Waals surface area contributed by atoms with Gasteiger partial charge in [0.25, 0.3) is 5.91 Å². The predicted molar refractivity (Wildman–Crippen MR) is 117 cm³/mol. The SMILES string of the molecule is C=CCN1C(=O)/C(=C/c2cn(Cc3ccc(C(=O)O)o3)c3ccccc23)SC1=S. The zero-order chi connectivity index (χ0) is 20.5. The van der Waals surface area contributed by atoms with Gasteiger partial charge < -0.3 is 14.1 Å². The summed E-state index contributed by atoms with van der Waals surface area (Å²) in [5, 5.41) is 10.0. The van der Waals surface area contributed by atoms with Crippen LogP contribution >= 0.6 is 24.0 Å².